The van der Waals surface area contributed by atoms with Crippen molar-refractivity contribution in [2.75, 3.05) is 0 Å². The van der Waals surface area contributed by atoms with Crippen LogP contribution in [0.1, 0.15) is 31.8 Å². The van der Waals surface area contributed by atoms with Crippen molar-refractivity contribution in [3.63, 3.8) is 0 Å². The highest BCUT2D eigenvalue weighted by Crippen LogP contribution is 2.33. The highest BCUT2D eigenvalue weighted by molar-refractivity contribution is 7.99. The van der Waals surface area contributed by atoms with Gasteiger partial charge in [-0.2, -0.15) is 0 Å². The van der Waals surface area contributed by atoms with Gasteiger partial charge in [-0.25, -0.2) is 9.59 Å². The summed E-state index contributed by atoms with van der Waals surface area (Å²) < 4.78 is 0. The maximum absolute atomic E-state index is 11.0. The zero-order chi connectivity index (χ0) is 15.6. The molecule has 2 aromatic rings. The lowest BCUT2D eigenvalue weighted by molar-refractivity contribution is 0.0686. The number of carbonyl (C=O) groups is 2. The highest BCUT2D eigenvalue weighted by Gasteiger charge is 2.11. The summed E-state index contributed by atoms with van der Waals surface area (Å²) in [5.41, 5.74) is 2.33. The SMILES string of the molecule is Cc1ccc(C(=O)O)cc1Sc1cc(C(=O)O)ccc1C. The largest absolute Gasteiger partial charge is 0.478 e. The lowest BCUT2D eigenvalue weighted by Crippen LogP contribution is -1.98. The number of aryl methyl sites for hydroxylation is 2. The van der Waals surface area contributed by atoms with Gasteiger partial charge in [-0.1, -0.05) is 23.9 Å². The Hall–Kier alpha value is -2.27. The van der Waals surface area contributed by atoms with Gasteiger partial charge in [0.2, 0.25) is 0 Å². The molecule has 0 atom stereocenters. The van der Waals surface area contributed by atoms with E-state index < -0.39 is 11.9 Å². The average Bonchev–Trinajstić information content (AvgIpc) is 2.43. The molecule has 2 rings (SSSR count). The van der Waals surface area contributed by atoms with E-state index in [4.69, 9.17) is 10.2 Å². The molecule has 0 fully saturated rings. The van der Waals surface area contributed by atoms with E-state index in [1.165, 1.54) is 11.8 Å². The quantitative estimate of drug-likeness (QED) is 0.897. The van der Waals surface area contributed by atoms with Crippen molar-refractivity contribution in [3.8, 4) is 0 Å². The second-order valence-corrected chi connectivity index (χ2v) is 5.76. The summed E-state index contributed by atoms with van der Waals surface area (Å²) in [5.74, 6) is -1.96. The van der Waals surface area contributed by atoms with E-state index in [0.29, 0.717) is 0 Å². The number of hydrogen-bond acceptors (Lipinski definition) is 3. The molecule has 0 aliphatic heterocycles. The first-order valence-corrected chi connectivity index (χ1v) is 7.06. The van der Waals surface area contributed by atoms with Crippen molar-refractivity contribution in [2.45, 2.75) is 23.6 Å². The number of carboxylic acid groups (broad SMARTS) is 2. The van der Waals surface area contributed by atoms with Crippen LogP contribution >= 0.6 is 11.8 Å². The zero-order valence-electron chi connectivity index (χ0n) is 11.6. The Kier molecular flexibility index (Phi) is 4.33. The number of rotatable bonds is 4. The number of carboxylic acids is 2. The van der Waals surface area contributed by atoms with Gasteiger partial charge in [0.1, 0.15) is 0 Å². The summed E-state index contributed by atoms with van der Waals surface area (Å²) in [6.45, 7) is 3.79. The van der Waals surface area contributed by atoms with Crippen molar-refractivity contribution in [1.82, 2.24) is 0 Å². The molecule has 0 bridgehead atoms. The summed E-state index contributed by atoms with van der Waals surface area (Å²) in [6, 6.07) is 9.83. The van der Waals surface area contributed by atoms with Crippen LogP contribution in [0.3, 0.4) is 0 Å². The highest BCUT2D eigenvalue weighted by atomic mass is 32.2. The molecule has 0 aliphatic rings. The Balaban J connectivity index is 2.42. The van der Waals surface area contributed by atoms with Crippen molar-refractivity contribution in [1.29, 1.82) is 0 Å². The van der Waals surface area contributed by atoms with Gasteiger partial charge in [0, 0.05) is 9.79 Å². The minimum atomic E-state index is -0.979. The Bertz CT molecular complexity index is 661. The summed E-state index contributed by atoms with van der Waals surface area (Å²) in [4.78, 5) is 23.7. The molecule has 2 aromatic carbocycles. The molecular formula is C16H14O4S. The second-order valence-electron chi connectivity index (χ2n) is 4.67. The van der Waals surface area contributed by atoms with Crippen LogP contribution in [0.25, 0.3) is 0 Å². The standard InChI is InChI=1S/C16H14O4S/c1-9-3-5-11(15(17)18)7-13(9)21-14-8-12(16(19)20)6-4-10(14)2/h3-8H,1-2H3,(H,17,18)(H,19,20). The van der Waals surface area contributed by atoms with Crippen LogP contribution in [0.4, 0.5) is 0 Å². The molecular weight excluding hydrogens is 288 g/mol. The van der Waals surface area contributed by atoms with Crippen molar-refractivity contribution in [2.24, 2.45) is 0 Å². The maximum Gasteiger partial charge on any atom is 0.335 e. The molecule has 2 N–H and O–H groups in total. The van der Waals surface area contributed by atoms with Gasteiger partial charge in [0.15, 0.2) is 0 Å². The van der Waals surface area contributed by atoms with E-state index in [1.54, 1.807) is 36.4 Å². The summed E-state index contributed by atoms with van der Waals surface area (Å²) >= 11 is 1.38. The van der Waals surface area contributed by atoms with E-state index in [-0.39, 0.29) is 11.1 Å². The fourth-order valence-electron chi connectivity index (χ4n) is 1.80. The number of aromatic carboxylic acids is 2. The zero-order valence-corrected chi connectivity index (χ0v) is 12.4. The fraction of sp³-hybridized carbons (Fsp3) is 0.125. The molecule has 0 aliphatic carbocycles. The summed E-state index contributed by atoms with van der Waals surface area (Å²) in [6.07, 6.45) is 0. The summed E-state index contributed by atoms with van der Waals surface area (Å²) in [5, 5.41) is 18.1. The van der Waals surface area contributed by atoms with Gasteiger partial charge in [0.25, 0.3) is 0 Å². The molecule has 21 heavy (non-hydrogen) atoms. The van der Waals surface area contributed by atoms with E-state index in [0.717, 1.165) is 20.9 Å². The molecule has 108 valence electrons. The van der Waals surface area contributed by atoms with Gasteiger partial charge in [-0.3, -0.25) is 0 Å². The van der Waals surface area contributed by atoms with Gasteiger partial charge in [-0.15, -0.1) is 0 Å². The van der Waals surface area contributed by atoms with E-state index >= 15 is 0 Å². The lowest BCUT2D eigenvalue weighted by Gasteiger charge is -2.10. The number of benzene rings is 2. The van der Waals surface area contributed by atoms with Gasteiger partial charge in [0.05, 0.1) is 11.1 Å². The third kappa shape index (κ3) is 3.44. The van der Waals surface area contributed by atoms with Crippen LogP contribution < -0.4 is 0 Å². The lowest BCUT2D eigenvalue weighted by atomic mass is 10.1. The van der Waals surface area contributed by atoms with Crippen molar-refractivity contribution in [3.05, 3.63) is 58.7 Å². The Morgan fingerprint density at radius 1 is 0.810 bits per heavy atom. The van der Waals surface area contributed by atoms with Crippen molar-refractivity contribution >= 4 is 23.7 Å². The molecule has 0 saturated heterocycles. The van der Waals surface area contributed by atoms with Gasteiger partial charge >= 0.3 is 11.9 Å². The minimum Gasteiger partial charge on any atom is -0.478 e. The van der Waals surface area contributed by atoms with Crippen LogP contribution in [0.5, 0.6) is 0 Å². The molecule has 4 nitrogen and oxygen atoms in total. The molecule has 0 heterocycles. The fourth-order valence-corrected chi connectivity index (χ4v) is 2.87. The molecule has 0 saturated carbocycles. The molecule has 0 unspecified atom stereocenters. The van der Waals surface area contributed by atoms with E-state index in [1.807, 2.05) is 13.8 Å². The molecule has 0 aromatic heterocycles. The maximum atomic E-state index is 11.0. The Morgan fingerprint density at radius 2 is 1.19 bits per heavy atom. The van der Waals surface area contributed by atoms with Crippen LogP contribution in [-0.4, -0.2) is 22.2 Å². The molecule has 0 amide bonds. The predicted octanol–water partition coefficient (Wildman–Crippen LogP) is 3.85. The normalized spacial score (nSPS) is 10.4. The Morgan fingerprint density at radius 3 is 1.52 bits per heavy atom. The topological polar surface area (TPSA) is 74.6 Å². The second kappa shape index (κ2) is 6.01. The minimum absolute atomic E-state index is 0.218. The first-order valence-electron chi connectivity index (χ1n) is 6.24. The van der Waals surface area contributed by atoms with Crippen LogP contribution in [0, 0.1) is 13.8 Å². The summed E-state index contributed by atoms with van der Waals surface area (Å²) in [7, 11) is 0. The first-order chi connectivity index (χ1) is 9.88. The third-order valence-corrected chi connectivity index (χ3v) is 4.41. The molecule has 0 radical (unpaired) electrons. The average molecular weight is 302 g/mol. The van der Waals surface area contributed by atoms with E-state index in [9.17, 15) is 9.59 Å². The van der Waals surface area contributed by atoms with Crippen LogP contribution in [0.2, 0.25) is 0 Å². The molecule has 0 spiro atoms. The number of hydrogen-bond donors (Lipinski definition) is 2. The smallest absolute Gasteiger partial charge is 0.335 e. The van der Waals surface area contributed by atoms with E-state index in [2.05, 4.69) is 0 Å². The van der Waals surface area contributed by atoms with Gasteiger partial charge in [-0.05, 0) is 49.2 Å². The predicted molar refractivity (Wildman–Crippen MR) is 80.4 cm³/mol. The monoisotopic (exact) mass is 302 g/mol. The Labute approximate surface area is 126 Å². The molecule has 5 heteroatoms. The van der Waals surface area contributed by atoms with Gasteiger partial charge < -0.3 is 10.2 Å². The van der Waals surface area contributed by atoms with Crippen molar-refractivity contribution < 1.29 is 19.8 Å². The van der Waals surface area contributed by atoms with Crippen LogP contribution in [-0.2, 0) is 0 Å². The van der Waals surface area contributed by atoms with Crippen LogP contribution in [0.15, 0.2) is 46.2 Å². The third-order valence-electron chi connectivity index (χ3n) is 3.09. The first kappa shape index (κ1) is 15.1.